The monoisotopic (exact) mass is 281 g/mol. The summed E-state index contributed by atoms with van der Waals surface area (Å²) in [6.45, 7) is 0.752. The molecule has 0 unspecified atom stereocenters. The third-order valence-electron chi connectivity index (χ3n) is 2.26. The number of aromatic nitrogens is 2. The first-order valence-corrected chi connectivity index (χ1v) is 7.06. The van der Waals surface area contributed by atoms with Crippen LogP contribution in [0.25, 0.3) is 10.2 Å². The number of benzene rings is 1. The van der Waals surface area contributed by atoms with Gasteiger partial charge in [-0.1, -0.05) is 29.0 Å². The van der Waals surface area contributed by atoms with Crippen LogP contribution in [0.5, 0.6) is 0 Å². The van der Waals surface area contributed by atoms with Gasteiger partial charge in [-0.25, -0.2) is 4.98 Å². The van der Waals surface area contributed by atoms with E-state index in [1.54, 1.807) is 22.7 Å². The minimum atomic E-state index is 0.752. The van der Waals surface area contributed by atoms with E-state index in [0.717, 1.165) is 26.9 Å². The lowest BCUT2D eigenvalue weighted by molar-refractivity contribution is 1.16. The van der Waals surface area contributed by atoms with E-state index in [9.17, 15) is 0 Å². The van der Waals surface area contributed by atoms with Gasteiger partial charge >= 0.3 is 0 Å². The first-order chi connectivity index (χ1) is 8.33. The van der Waals surface area contributed by atoms with Crippen LogP contribution in [0.1, 0.15) is 4.88 Å². The molecular formula is C11H8ClN3S2. The van der Waals surface area contributed by atoms with Gasteiger partial charge < -0.3 is 5.32 Å². The van der Waals surface area contributed by atoms with Gasteiger partial charge in [0.25, 0.3) is 0 Å². The Kier molecular flexibility index (Phi) is 2.96. The Morgan fingerprint density at radius 3 is 3.06 bits per heavy atom. The van der Waals surface area contributed by atoms with Crippen molar-refractivity contribution >= 4 is 49.6 Å². The van der Waals surface area contributed by atoms with Gasteiger partial charge in [-0.2, -0.15) is 0 Å². The number of rotatable bonds is 3. The van der Waals surface area contributed by atoms with Gasteiger partial charge in [0.2, 0.25) is 0 Å². The highest BCUT2D eigenvalue weighted by molar-refractivity contribution is 7.22. The number of hydrogen-bond donors (Lipinski definition) is 1. The highest BCUT2D eigenvalue weighted by Crippen LogP contribution is 2.31. The molecule has 0 amide bonds. The van der Waals surface area contributed by atoms with Crippen LogP contribution in [0.2, 0.25) is 5.02 Å². The molecule has 3 aromatic rings. The van der Waals surface area contributed by atoms with Gasteiger partial charge in [0, 0.05) is 11.1 Å². The second-order valence-corrected chi connectivity index (χ2v) is 5.81. The fourth-order valence-electron chi connectivity index (χ4n) is 1.48. The average Bonchev–Trinajstić information content (AvgIpc) is 2.95. The molecule has 17 heavy (non-hydrogen) atoms. The minimum Gasteiger partial charge on any atom is -0.357 e. The molecule has 0 aliphatic heterocycles. The Bertz CT molecular complexity index is 633. The first kappa shape index (κ1) is 11.0. The Labute approximate surface area is 111 Å². The van der Waals surface area contributed by atoms with E-state index in [2.05, 4.69) is 15.3 Å². The smallest absolute Gasteiger partial charge is 0.184 e. The fraction of sp³-hybridized carbons (Fsp3) is 0.0909. The molecule has 2 aromatic heterocycles. The third kappa shape index (κ3) is 2.26. The van der Waals surface area contributed by atoms with Crippen LogP contribution in [0.3, 0.4) is 0 Å². The summed E-state index contributed by atoms with van der Waals surface area (Å²) in [5, 5.41) is 4.93. The molecule has 6 heteroatoms. The SMILES string of the molecule is Clc1cccc2nc(NCc3cncs3)sc12. The summed E-state index contributed by atoms with van der Waals surface area (Å²) in [5.41, 5.74) is 2.76. The molecule has 0 fully saturated rings. The van der Waals surface area contributed by atoms with Gasteiger partial charge in [0.1, 0.15) is 0 Å². The maximum atomic E-state index is 6.10. The lowest BCUT2D eigenvalue weighted by atomic mass is 10.3. The van der Waals surface area contributed by atoms with Crippen LogP contribution >= 0.6 is 34.3 Å². The van der Waals surface area contributed by atoms with Crippen molar-refractivity contribution in [1.82, 2.24) is 9.97 Å². The minimum absolute atomic E-state index is 0.752. The van der Waals surface area contributed by atoms with E-state index in [0.29, 0.717) is 0 Å². The van der Waals surface area contributed by atoms with Crippen LogP contribution in [0, 0.1) is 0 Å². The summed E-state index contributed by atoms with van der Waals surface area (Å²) in [6, 6.07) is 5.77. The highest BCUT2D eigenvalue weighted by atomic mass is 35.5. The van der Waals surface area contributed by atoms with Crippen molar-refractivity contribution in [2.45, 2.75) is 6.54 Å². The average molecular weight is 282 g/mol. The number of fused-ring (bicyclic) bond motifs is 1. The molecule has 0 atom stereocenters. The van der Waals surface area contributed by atoms with Gasteiger partial charge in [0.05, 0.1) is 27.3 Å². The normalized spacial score (nSPS) is 10.9. The van der Waals surface area contributed by atoms with E-state index in [1.165, 1.54) is 4.88 Å². The molecule has 0 saturated carbocycles. The standard InChI is InChI=1S/C11H8ClN3S2/c12-8-2-1-3-9-10(8)17-11(15-9)14-5-7-4-13-6-16-7/h1-4,6H,5H2,(H,14,15). The molecule has 0 saturated heterocycles. The van der Waals surface area contributed by atoms with Gasteiger partial charge in [-0.05, 0) is 12.1 Å². The summed E-state index contributed by atoms with van der Waals surface area (Å²) >= 11 is 9.31. The number of hydrogen-bond acceptors (Lipinski definition) is 5. The van der Waals surface area contributed by atoms with E-state index < -0.39 is 0 Å². The number of anilines is 1. The molecular weight excluding hydrogens is 274 g/mol. The molecule has 2 heterocycles. The Morgan fingerprint density at radius 1 is 1.35 bits per heavy atom. The molecule has 86 valence electrons. The summed E-state index contributed by atoms with van der Waals surface area (Å²) in [5.74, 6) is 0. The van der Waals surface area contributed by atoms with Crippen LogP contribution in [0.4, 0.5) is 5.13 Å². The molecule has 0 spiro atoms. The maximum Gasteiger partial charge on any atom is 0.184 e. The number of thiazole rings is 2. The lowest BCUT2D eigenvalue weighted by Gasteiger charge is -1.97. The van der Waals surface area contributed by atoms with Crippen LogP contribution in [-0.4, -0.2) is 9.97 Å². The topological polar surface area (TPSA) is 37.8 Å². The van der Waals surface area contributed by atoms with Crippen LogP contribution < -0.4 is 5.32 Å². The van der Waals surface area contributed by atoms with Gasteiger partial charge in [-0.3, -0.25) is 4.98 Å². The molecule has 0 aliphatic rings. The zero-order chi connectivity index (χ0) is 11.7. The van der Waals surface area contributed by atoms with E-state index in [1.807, 2.05) is 29.9 Å². The Morgan fingerprint density at radius 2 is 2.29 bits per heavy atom. The van der Waals surface area contributed by atoms with Crippen molar-refractivity contribution in [1.29, 1.82) is 0 Å². The summed E-state index contributed by atoms with van der Waals surface area (Å²) in [6.07, 6.45) is 1.86. The highest BCUT2D eigenvalue weighted by Gasteiger charge is 2.06. The third-order valence-corrected chi connectivity index (χ3v) is 4.53. The van der Waals surface area contributed by atoms with E-state index in [-0.39, 0.29) is 0 Å². The quantitative estimate of drug-likeness (QED) is 0.788. The van der Waals surface area contributed by atoms with Crippen molar-refractivity contribution in [3.05, 3.63) is 39.8 Å². The van der Waals surface area contributed by atoms with Crippen molar-refractivity contribution < 1.29 is 0 Å². The van der Waals surface area contributed by atoms with Gasteiger partial charge in [-0.15, -0.1) is 11.3 Å². The zero-order valence-corrected chi connectivity index (χ0v) is 11.1. The van der Waals surface area contributed by atoms with Crippen LogP contribution in [0.15, 0.2) is 29.9 Å². The second kappa shape index (κ2) is 4.60. The Hall–Kier alpha value is -1.17. The number of nitrogens with zero attached hydrogens (tertiary/aromatic N) is 2. The van der Waals surface area contributed by atoms with E-state index in [4.69, 9.17) is 11.6 Å². The second-order valence-electron chi connectivity index (χ2n) is 3.43. The molecule has 0 aliphatic carbocycles. The molecule has 1 N–H and O–H groups in total. The van der Waals surface area contributed by atoms with E-state index >= 15 is 0 Å². The summed E-state index contributed by atoms with van der Waals surface area (Å²) < 4.78 is 1.03. The lowest BCUT2D eigenvalue weighted by Crippen LogP contribution is -1.96. The van der Waals surface area contributed by atoms with Gasteiger partial charge in [0.15, 0.2) is 5.13 Å². The summed E-state index contributed by atoms with van der Waals surface area (Å²) in [7, 11) is 0. The molecule has 0 radical (unpaired) electrons. The zero-order valence-electron chi connectivity index (χ0n) is 8.68. The van der Waals surface area contributed by atoms with Crippen molar-refractivity contribution in [3.8, 4) is 0 Å². The van der Waals surface area contributed by atoms with Crippen molar-refractivity contribution in [2.24, 2.45) is 0 Å². The Balaban J connectivity index is 1.84. The largest absolute Gasteiger partial charge is 0.357 e. The molecule has 3 nitrogen and oxygen atoms in total. The predicted molar refractivity (Wildman–Crippen MR) is 74.1 cm³/mol. The molecule has 3 rings (SSSR count). The molecule has 1 aromatic carbocycles. The summed E-state index contributed by atoms with van der Waals surface area (Å²) in [4.78, 5) is 9.70. The molecule has 0 bridgehead atoms. The number of nitrogens with one attached hydrogen (secondary N) is 1. The predicted octanol–water partition coefficient (Wildman–Crippen LogP) is 4.02. The van der Waals surface area contributed by atoms with Crippen molar-refractivity contribution in [3.63, 3.8) is 0 Å². The van der Waals surface area contributed by atoms with Crippen molar-refractivity contribution in [2.75, 3.05) is 5.32 Å². The maximum absolute atomic E-state index is 6.10. The van der Waals surface area contributed by atoms with Crippen LogP contribution in [-0.2, 0) is 6.54 Å². The first-order valence-electron chi connectivity index (χ1n) is 4.99. The fourth-order valence-corrected chi connectivity index (χ4v) is 3.17. The number of halogens is 1.